The van der Waals surface area contributed by atoms with Gasteiger partial charge in [-0.15, -0.1) is 0 Å². The minimum atomic E-state index is -0.119. The highest BCUT2D eigenvalue weighted by Gasteiger charge is 2.09. The summed E-state index contributed by atoms with van der Waals surface area (Å²) in [6.07, 6.45) is 8.48. The fourth-order valence-corrected chi connectivity index (χ4v) is 3.61. The van der Waals surface area contributed by atoms with Crippen LogP contribution in [0.1, 0.15) is 30.4 Å². The maximum absolute atomic E-state index is 12.1. The number of hydrogen-bond acceptors (Lipinski definition) is 2. The molecule has 2 aromatic rings. The van der Waals surface area contributed by atoms with Crippen molar-refractivity contribution in [1.29, 1.82) is 0 Å². The highest BCUT2D eigenvalue weighted by molar-refractivity contribution is 9.10. The third-order valence-electron chi connectivity index (χ3n) is 4.66. The number of rotatable bonds is 6. The van der Waals surface area contributed by atoms with Crippen molar-refractivity contribution in [3.05, 3.63) is 70.2 Å². The third-order valence-corrected chi connectivity index (χ3v) is 5.16. The SMILES string of the molecule is O=C(C=Cc1cccc(Br)c1)Nc1ccc(CCN2CCCCC2)cc1. The second-order valence-electron chi connectivity index (χ2n) is 6.73. The Bertz CT molecular complexity index is 749. The largest absolute Gasteiger partial charge is 0.323 e. The predicted molar refractivity (Wildman–Crippen MR) is 112 cm³/mol. The van der Waals surface area contributed by atoms with E-state index in [2.05, 4.69) is 38.3 Å². The van der Waals surface area contributed by atoms with Crippen LogP contribution in [0.2, 0.25) is 0 Å². The molecular weight excluding hydrogens is 388 g/mol. The lowest BCUT2D eigenvalue weighted by Crippen LogP contribution is -2.31. The Balaban J connectivity index is 1.48. The average Bonchev–Trinajstić information content (AvgIpc) is 2.67. The molecule has 0 aliphatic carbocycles. The summed E-state index contributed by atoms with van der Waals surface area (Å²) >= 11 is 3.43. The molecule has 1 N–H and O–H groups in total. The minimum Gasteiger partial charge on any atom is -0.323 e. The Kier molecular flexibility index (Phi) is 7.04. The summed E-state index contributed by atoms with van der Waals surface area (Å²) in [6.45, 7) is 3.60. The van der Waals surface area contributed by atoms with Crippen LogP contribution in [0, 0.1) is 0 Å². The molecule has 1 fully saturated rings. The quantitative estimate of drug-likeness (QED) is 0.666. The van der Waals surface area contributed by atoms with Crippen molar-refractivity contribution in [3.63, 3.8) is 0 Å². The maximum atomic E-state index is 12.1. The number of amides is 1. The van der Waals surface area contributed by atoms with Gasteiger partial charge in [0, 0.05) is 22.8 Å². The maximum Gasteiger partial charge on any atom is 0.248 e. The summed E-state index contributed by atoms with van der Waals surface area (Å²) < 4.78 is 1.00. The molecule has 1 aliphatic heterocycles. The number of nitrogens with one attached hydrogen (secondary N) is 1. The lowest BCUT2D eigenvalue weighted by Gasteiger charge is -2.26. The van der Waals surface area contributed by atoms with E-state index in [0.717, 1.165) is 28.7 Å². The Hall–Kier alpha value is -1.91. The van der Waals surface area contributed by atoms with Gasteiger partial charge in [0.05, 0.1) is 0 Å². The third kappa shape index (κ3) is 6.11. The molecule has 4 heteroatoms. The zero-order valence-electron chi connectivity index (χ0n) is 15.0. The number of benzene rings is 2. The first-order valence-corrected chi connectivity index (χ1v) is 10.0. The minimum absolute atomic E-state index is 0.119. The van der Waals surface area contributed by atoms with Gasteiger partial charge in [-0.25, -0.2) is 0 Å². The molecule has 3 nitrogen and oxygen atoms in total. The Morgan fingerprint density at radius 1 is 1.08 bits per heavy atom. The normalized spacial score (nSPS) is 15.3. The number of carbonyl (C=O) groups excluding carboxylic acids is 1. The molecule has 26 heavy (non-hydrogen) atoms. The molecule has 1 aliphatic rings. The van der Waals surface area contributed by atoms with E-state index in [4.69, 9.17) is 0 Å². The number of halogens is 1. The molecule has 136 valence electrons. The van der Waals surface area contributed by atoms with Crippen LogP contribution in [0.5, 0.6) is 0 Å². The van der Waals surface area contributed by atoms with Crippen molar-refractivity contribution in [2.75, 3.05) is 25.0 Å². The standard InChI is InChI=1S/C22H25BrN2O/c23-20-6-4-5-19(17-20)9-12-22(26)24-21-10-7-18(8-11-21)13-16-25-14-2-1-3-15-25/h4-12,17H,1-3,13-16H2,(H,24,26). The molecule has 0 bridgehead atoms. The number of hydrogen-bond donors (Lipinski definition) is 1. The van der Waals surface area contributed by atoms with E-state index < -0.39 is 0 Å². The van der Waals surface area contributed by atoms with Crippen LogP contribution in [0.25, 0.3) is 6.08 Å². The molecule has 0 unspecified atom stereocenters. The highest BCUT2D eigenvalue weighted by atomic mass is 79.9. The first-order chi connectivity index (χ1) is 12.7. The van der Waals surface area contributed by atoms with E-state index in [9.17, 15) is 4.79 Å². The predicted octanol–water partition coefficient (Wildman–Crippen LogP) is 5.13. The second kappa shape index (κ2) is 9.70. The highest BCUT2D eigenvalue weighted by Crippen LogP contribution is 2.14. The summed E-state index contributed by atoms with van der Waals surface area (Å²) in [6, 6.07) is 16.0. The van der Waals surface area contributed by atoms with Crippen molar-refractivity contribution >= 4 is 33.6 Å². The van der Waals surface area contributed by atoms with Crippen molar-refractivity contribution in [2.45, 2.75) is 25.7 Å². The second-order valence-corrected chi connectivity index (χ2v) is 7.64. The first kappa shape index (κ1) is 18.9. The lowest BCUT2D eigenvalue weighted by atomic mass is 10.1. The van der Waals surface area contributed by atoms with Crippen LogP contribution in [-0.2, 0) is 11.2 Å². The molecule has 0 spiro atoms. The summed E-state index contributed by atoms with van der Waals surface area (Å²) in [7, 11) is 0. The topological polar surface area (TPSA) is 32.3 Å². The van der Waals surface area contributed by atoms with E-state index in [0.29, 0.717) is 0 Å². The lowest BCUT2D eigenvalue weighted by molar-refractivity contribution is -0.111. The van der Waals surface area contributed by atoms with Crippen LogP contribution in [-0.4, -0.2) is 30.4 Å². The molecule has 0 radical (unpaired) electrons. The number of likely N-dealkylation sites (tertiary alicyclic amines) is 1. The number of carbonyl (C=O) groups is 1. The fourth-order valence-electron chi connectivity index (χ4n) is 3.19. The van der Waals surface area contributed by atoms with Gasteiger partial charge in [0.25, 0.3) is 0 Å². The summed E-state index contributed by atoms with van der Waals surface area (Å²) in [4.78, 5) is 14.6. The van der Waals surface area contributed by atoms with E-state index >= 15 is 0 Å². The Labute approximate surface area is 164 Å². The molecule has 1 amide bonds. The van der Waals surface area contributed by atoms with E-state index in [1.165, 1.54) is 37.9 Å². The molecule has 3 rings (SSSR count). The van der Waals surface area contributed by atoms with Crippen LogP contribution in [0.15, 0.2) is 59.1 Å². The van der Waals surface area contributed by atoms with Crippen molar-refractivity contribution in [1.82, 2.24) is 4.90 Å². The summed E-state index contributed by atoms with van der Waals surface area (Å²) in [5, 5.41) is 2.91. The Morgan fingerprint density at radius 3 is 2.58 bits per heavy atom. The zero-order valence-corrected chi connectivity index (χ0v) is 16.5. The van der Waals surface area contributed by atoms with Gasteiger partial charge in [-0.3, -0.25) is 4.79 Å². The van der Waals surface area contributed by atoms with Crippen molar-refractivity contribution in [3.8, 4) is 0 Å². The van der Waals surface area contributed by atoms with Crippen molar-refractivity contribution < 1.29 is 4.79 Å². The fraction of sp³-hybridized carbons (Fsp3) is 0.318. The van der Waals surface area contributed by atoms with Gasteiger partial charge >= 0.3 is 0 Å². The number of piperidine rings is 1. The summed E-state index contributed by atoms with van der Waals surface area (Å²) in [5.41, 5.74) is 3.14. The van der Waals surface area contributed by atoms with Gasteiger partial charge in [-0.2, -0.15) is 0 Å². The van der Waals surface area contributed by atoms with Crippen LogP contribution < -0.4 is 5.32 Å². The molecule has 1 saturated heterocycles. The number of nitrogens with zero attached hydrogens (tertiary/aromatic N) is 1. The average molecular weight is 413 g/mol. The number of anilines is 1. The van der Waals surface area contributed by atoms with Crippen LogP contribution in [0.3, 0.4) is 0 Å². The van der Waals surface area contributed by atoms with E-state index in [-0.39, 0.29) is 5.91 Å². The Morgan fingerprint density at radius 2 is 1.85 bits per heavy atom. The van der Waals surface area contributed by atoms with Gasteiger partial charge in [-0.05, 0) is 73.8 Å². The van der Waals surface area contributed by atoms with Crippen molar-refractivity contribution in [2.24, 2.45) is 0 Å². The van der Waals surface area contributed by atoms with Gasteiger partial charge in [-0.1, -0.05) is 46.6 Å². The van der Waals surface area contributed by atoms with Gasteiger partial charge in [0.15, 0.2) is 0 Å². The first-order valence-electron chi connectivity index (χ1n) is 9.25. The van der Waals surface area contributed by atoms with Crippen LogP contribution >= 0.6 is 15.9 Å². The van der Waals surface area contributed by atoms with Gasteiger partial charge < -0.3 is 10.2 Å². The van der Waals surface area contributed by atoms with Crippen LogP contribution in [0.4, 0.5) is 5.69 Å². The van der Waals surface area contributed by atoms with E-state index in [1.807, 2.05) is 42.5 Å². The smallest absolute Gasteiger partial charge is 0.248 e. The molecule has 0 atom stereocenters. The van der Waals surface area contributed by atoms with Gasteiger partial charge in [0.1, 0.15) is 0 Å². The molecular formula is C22H25BrN2O. The monoisotopic (exact) mass is 412 g/mol. The van der Waals surface area contributed by atoms with E-state index in [1.54, 1.807) is 6.08 Å². The molecule has 0 aromatic heterocycles. The molecule has 1 heterocycles. The van der Waals surface area contributed by atoms with Gasteiger partial charge in [0.2, 0.25) is 5.91 Å². The zero-order chi connectivity index (χ0) is 18.2. The molecule has 2 aromatic carbocycles. The summed E-state index contributed by atoms with van der Waals surface area (Å²) in [5.74, 6) is -0.119. The molecule has 0 saturated carbocycles.